The molecule has 0 saturated carbocycles. The van der Waals surface area contributed by atoms with E-state index in [4.69, 9.17) is 4.42 Å². The van der Waals surface area contributed by atoms with E-state index in [0.717, 1.165) is 0 Å². The van der Waals surface area contributed by atoms with Crippen LogP contribution in [0.2, 0.25) is 0 Å². The third kappa shape index (κ3) is 1.87. The number of carbonyl (C=O) groups excluding carboxylic acids is 1. The maximum absolute atomic E-state index is 12.3. The average Bonchev–Trinajstić information content (AvgIpc) is 2.74. The van der Waals surface area contributed by atoms with Gasteiger partial charge in [0.15, 0.2) is 11.4 Å². The Hall–Kier alpha value is -2.62. The highest BCUT2D eigenvalue weighted by molar-refractivity contribution is 6.10. The fraction of sp³-hybridized carbons (Fsp3) is 0.0667. The van der Waals surface area contributed by atoms with Crippen LogP contribution in [-0.4, -0.2) is 10.4 Å². The summed E-state index contributed by atoms with van der Waals surface area (Å²) >= 11 is 0. The molecule has 0 atom stereocenters. The molecule has 3 aromatic rings. The second-order valence-electron chi connectivity index (χ2n) is 4.30. The molecule has 94 valence electrons. The molecule has 0 spiro atoms. The Bertz CT molecular complexity index is 812. The van der Waals surface area contributed by atoms with Crippen LogP contribution in [0.4, 0.5) is 0 Å². The van der Waals surface area contributed by atoms with E-state index >= 15 is 0 Å². The predicted octanol–water partition coefficient (Wildman–Crippen LogP) is 2.36. The van der Waals surface area contributed by atoms with Crippen molar-refractivity contribution < 1.29 is 9.21 Å². The Morgan fingerprint density at radius 2 is 1.79 bits per heavy atom. The van der Waals surface area contributed by atoms with Gasteiger partial charge < -0.3 is 4.42 Å². The highest BCUT2D eigenvalue weighted by Crippen LogP contribution is 2.17. The molecule has 4 nitrogen and oxygen atoms in total. The molecule has 0 unspecified atom stereocenters. The highest BCUT2D eigenvalue weighted by atomic mass is 16.4. The zero-order valence-electron chi connectivity index (χ0n) is 10.3. The highest BCUT2D eigenvalue weighted by Gasteiger charge is 2.12. The van der Waals surface area contributed by atoms with Crippen molar-refractivity contribution in [3.05, 3.63) is 70.2 Å². The van der Waals surface area contributed by atoms with E-state index in [2.05, 4.69) is 0 Å². The minimum absolute atomic E-state index is 0.0730. The van der Waals surface area contributed by atoms with Gasteiger partial charge in [0, 0.05) is 18.2 Å². The Morgan fingerprint density at radius 1 is 1.05 bits per heavy atom. The van der Waals surface area contributed by atoms with Crippen molar-refractivity contribution in [2.75, 3.05) is 0 Å². The van der Waals surface area contributed by atoms with E-state index in [1.807, 2.05) is 18.2 Å². The molecule has 0 aliphatic carbocycles. The SMILES string of the molecule is Cn1c(=O)oc2ccc(C(=O)c3ccccc3)cc21. The molecule has 0 radical (unpaired) electrons. The number of benzene rings is 2. The summed E-state index contributed by atoms with van der Waals surface area (Å²) in [6.07, 6.45) is 0. The van der Waals surface area contributed by atoms with Gasteiger partial charge in [-0.1, -0.05) is 30.3 Å². The minimum atomic E-state index is -0.431. The van der Waals surface area contributed by atoms with Crippen LogP contribution in [0.3, 0.4) is 0 Å². The van der Waals surface area contributed by atoms with Gasteiger partial charge in [-0.2, -0.15) is 0 Å². The van der Waals surface area contributed by atoms with Crippen LogP contribution < -0.4 is 5.76 Å². The number of ketones is 1. The summed E-state index contributed by atoms with van der Waals surface area (Å²) in [5.41, 5.74) is 2.26. The normalized spacial score (nSPS) is 10.8. The van der Waals surface area contributed by atoms with Gasteiger partial charge >= 0.3 is 5.76 Å². The molecule has 0 aliphatic rings. The summed E-state index contributed by atoms with van der Waals surface area (Å²) in [5, 5.41) is 0. The molecule has 0 aliphatic heterocycles. The van der Waals surface area contributed by atoms with Crippen molar-refractivity contribution in [2.24, 2.45) is 7.05 Å². The van der Waals surface area contributed by atoms with Crippen LogP contribution in [0, 0.1) is 0 Å². The van der Waals surface area contributed by atoms with Crippen molar-refractivity contribution in [2.45, 2.75) is 0 Å². The topological polar surface area (TPSA) is 52.2 Å². The van der Waals surface area contributed by atoms with Crippen LogP contribution in [0.15, 0.2) is 57.7 Å². The van der Waals surface area contributed by atoms with Crippen LogP contribution in [0.1, 0.15) is 15.9 Å². The lowest BCUT2D eigenvalue weighted by Crippen LogP contribution is -2.08. The van der Waals surface area contributed by atoms with E-state index in [1.165, 1.54) is 4.57 Å². The smallest absolute Gasteiger partial charge is 0.408 e. The summed E-state index contributed by atoms with van der Waals surface area (Å²) in [7, 11) is 1.62. The molecule has 0 amide bonds. The molecule has 1 heterocycles. The Balaban J connectivity index is 2.14. The number of hydrogen-bond donors (Lipinski definition) is 0. The number of hydrogen-bond acceptors (Lipinski definition) is 3. The largest absolute Gasteiger partial charge is 0.419 e. The van der Waals surface area contributed by atoms with Gasteiger partial charge in [0.25, 0.3) is 0 Å². The van der Waals surface area contributed by atoms with E-state index in [0.29, 0.717) is 22.2 Å². The van der Waals surface area contributed by atoms with E-state index < -0.39 is 5.76 Å². The van der Waals surface area contributed by atoms with Gasteiger partial charge in [-0.15, -0.1) is 0 Å². The second-order valence-corrected chi connectivity index (χ2v) is 4.30. The molecule has 0 fully saturated rings. The number of rotatable bonds is 2. The lowest BCUT2D eigenvalue weighted by molar-refractivity contribution is 0.103. The summed E-state index contributed by atoms with van der Waals surface area (Å²) in [5.74, 6) is -0.504. The third-order valence-corrected chi connectivity index (χ3v) is 3.09. The lowest BCUT2D eigenvalue weighted by atomic mass is 10.0. The fourth-order valence-corrected chi connectivity index (χ4v) is 2.02. The van der Waals surface area contributed by atoms with Gasteiger partial charge in [-0.05, 0) is 18.2 Å². The predicted molar refractivity (Wildman–Crippen MR) is 71.3 cm³/mol. The summed E-state index contributed by atoms with van der Waals surface area (Å²) in [4.78, 5) is 23.7. The summed E-state index contributed by atoms with van der Waals surface area (Å²) in [6, 6.07) is 14.0. The number of aromatic nitrogens is 1. The first kappa shape index (κ1) is 11.5. The number of fused-ring (bicyclic) bond motifs is 1. The zero-order chi connectivity index (χ0) is 13.4. The van der Waals surface area contributed by atoms with Gasteiger partial charge in [0.2, 0.25) is 0 Å². The molecule has 2 aromatic carbocycles. The fourth-order valence-electron chi connectivity index (χ4n) is 2.02. The van der Waals surface area contributed by atoms with E-state index in [1.54, 1.807) is 37.4 Å². The Labute approximate surface area is 108 Å². The van der Waals surface area contributed by atoms with Crippen molar-refractivity contribution >= 4 is 16.9 Å². The molecule has 0 N–H and O–H groups in total. The van der Waals surface area contributed by atoms with Crippen molar-refractivity contribution in [3.8, 4) is 0 Å². The van der Waals surface area contributed by atoms with Crippen molar-refractivity contribution in [3.63, 3.8) is 0 Å². The molecule has 19 heavy (non-hydrogen) atoms. The van der Waals surface area contributed by atoms with Gasteiger partial charge in [0.05, 0.1) is 5.52 Å². The summed E-state index contributed by atoms with van der Waals surface area (Å²) in [6.45, 7) is 0. The first-order valence-electron chi connectivity index (χ1n) is 5.86. The maximum Gasteiger partial charge on any atom is 0.419 e. The number of carbonyl (C=O) groups is 1. The van der Waals surface area contributed by atoms with Gasteiger partial charge in [-0.3, -0.25) is 9.36 Å². The lowest BCUT2D eigenvalue weighted by Gasteiger charge is -2.01. The zero-order valence-corrected chi connectivity index (χ0v) is 10.3. The molecule has 0 bridgehead atoms. The maximum atomic E-state index is 12.3. The Morgan fingerprint density at radius 3 is 2.53 bits per heavy atom. The molecule has 0 saturated heterocycles. The number of nitrogens with zero attached hydrogens (tertiary/aromatic N) is 1. The first-order valence-corrected chi connectivity index (χ1v) is 5.86. The molecule has 1 aromatic heterocycles. The summed E-state index contributed by atoms with van der Waals surface area (Å²) < 4.78 is 6.42. The average molecular weight is 253 g/mol. The van der Waals surface area contributed by atoms with Crippen LogP contribution in [-0.2, 0) is 7.05 Å². The van der Waals surface area contributed by atoms with Crippen LogP contribution in [0.25, 0.3) is 11.1 Å². The van der Waals surface area contributed by atoms with Crippen LogP contribution >= 0.6 is 0 Å². The quantitative estimate of drug-likeness (QED) is 0.659. The van der Waals surface area contributed by atoms with E-state index in [9.17, 15) is 9.59 Å². The van der Waals surface area contributed by atoms with E-state index in [-0.39, 0.29) is 5.78 Å². The van der Waals surface area contributed by atoms with Gasteiger partial charge in [-0.25, -0.2) is 4.79 Å². The number of oxazole rings is 1. The standard InChI is InChI=1S/C15H11NO3/c1-16-12-9-11(7-8-13(12)19-15(16)18)14(17)10-5-3-2-4-6-10/h2-9H,1H3. The molecular weight excluding hydrogens is 242 g/mol. The van der Waals surface area contributed by atoms with Crippen molar-refractivity contribution in [1.29, 1.82) is 0 Å². The van der Waals surface area contributed by atoms with Crippen LogP contribution in [0.5, 0.6) is 0 Å². The molecular formula is C15H11NO3. The minimum Gasteiger partial charge on any atom is -0.408 e. The monoisotopic (exact) mass is 253 g/mol. The molecule has 4 heteroatoms. The Kier molecular flexibility index (Phi) is 2.56. The second kappa shape index (κ2) is 4.24. The van der Waals surface area contributed by atoms with Crippen molar-refractivity contribution in [1.82, 2.24) is 4.57 Å². The first-order chi connectivity index (χ1) is 9.16. The number of aryl methyl sites for hydroxylation is 1. The molecule has 3 rings (SSSR count). The van der Waals surface area contributed by atoms with Gasteiger partial charge in [0.1, 0.15) is 0 Å². The third-order valence-electron chi connectivity index (χ3n) is 3.09.